The summed E-state index contributed by atoms with van der Waals surface area (Å²) >= 11 is 5.47. The van der Waals surface area contributed by atoms with E-state index in [9.17, 15) is 17.6 Å². The van der Waals surface area contributed by atoms with Crippen molar-refractivity contribution in [3.63, 3.8) is 0 Å². The fourth-order valence-electron chi connectivity index (χ4n) is 1.27. The minimum atomic E-state index is -4.75. The highest BCUT2D eigenvalue weighted by atomic mass is 35.5. The molecule has 0 saturated carbocycles. The van der Waals surface area contributed by atoms with Crippen LogP contribution in [0.4, 0.5) is 17.6 Å². The third kappa shape index (κ3) is 2.56. The lowest BCUT2D eigenvalue weighted by Gasteiger charge is -2.08. The van der Waals surface area contributed by atoms with Crippen LogP contribution < -0.4 is 0 Å². The van der Waals surface area contributed by atoms with E-state index >= 15 is 0 Å². The number of nitrogens with zero attached hydrogens (tertiary/aromatic N) is 3. The highest BCUT2D eigenvalue weighted by Gasteiger charge is 2.35. The summed E-state index contributed by atoms with van der Waals surface area (Å²) < 4.78 is 50.8. The maximum Gasteiger partial charge on any atom is 0.451 e. The maximum atomic E-state index is 13.4. The Morgan fingerprint density at radius 1 is 1.17 bits per heavy atom. The highest BCUT2D eigenvalue weighted by molar-refractivity contribution is 6.29. The van der Waals surface area contributed by atoms with Gasteiger partial charge < -0.3 is 0 Å². The van der Waals surface area contributed by atoms with Crippen molar-refractivity contribution < 1.29 is 17.6 Å². The zero-order valence-electron chi connectivity index (χ0n) is 8.54. The number of hydrogen-bond donors (Lipinski definition) is 0. The van der Waals surface area contributed by atoms with Gasteiger partial charge in [0.05, 0.1) is 11.9 Å². The molecule has 8 heteroatoms. The van der Waals surface area contributed by atoms with Crippen LogP contribution in [0.5, 0.6) is 0 Å². The van der Waals surface area contributed by atoms with E-state index in [0.717, 1.165) is 12.3 Å². The molecular formula is C10H4ClF4N3. The average molecular weight is 278 g/mol. The molecule has 0 fully saturated rings. The van der Waals surface area contributed by atoms with Gasteiger partial charge in [-0.25, -0.2) is 14.4 Å². The van der Waals surface area contributed by atoms with Crippen molar-refractivity contribution >= 4 is 11.6 Å². The van der Waals surface area contributed by atoms with Gasteiger partial charge in [0.1, 0.15) is 5.15 Å². The smallest absolute Gasteiger partial charge is 0.262 e. The van der Waals surface area contributed by atoms with E-state index in [-0.39, 0.29) is 11.3 Å². The summed E-state index contributed by atoms with van der Waals surface area (Å²) in [6.07, 6.45) is -2.64. The zero-order valence-corrected chi connectivity index (χ0v) is 9.30. The number of rotatable bonds is 1. The lowest BCUT2D eigenvalue weighted by Crippen LogP contribution is -2.11. The van der Waals surface area contributed by atoms with Crippen LogP contribution in [0.25, 0.3) is 11.3 Å². The van der Waals surface area contributed by atoms with Crippen LogP contribution in [0.2, 0.25) is 5.15 Å². The van der Waals surface area contributed by atoms with Gasteiger partial charge in [0.2, 0.25) is 5.82 Å². The molecule has 0 aliphatic heterocycles. The Kier molecular flexibility index (Phi) is 3.16. The first-order chi connectivity index (χ1) is 8.38. The quantitative estimate of drug-likeness (QED) is 0.593. The van der Waals surface area contributed by atoms with Gasteiger partial charge in [-0.1, -0.05) is 11.6 Å². The third-order valence-electron chi connectivity index (χ3n) is 2.00. The molecule has 0 bridgehead atoms. The van der Waals surface area contributed by atoms with Crippen molar-refractivity contribution in [2.24, 2.45) is 0 Å². The van der Waals surface area contributed by atoms with E-state index in [1.54, 1.807) is 0 Å². The van der Waals surface area contributed by atoms with Crippen LogP contribution in [-0.2, 0) is 6.18 Å². The maximum absolute atomic E-state index is 13.4. The fourth-order valence-corrected chi connectivity index (χ4v) is 1.45. The topological polar surface area (TPSA) is 38.7 Å². The Morgan fingerprint density at radius 2 is 1.89 bits per heavy atom. The SMILES string of the molecule is Fc1cnccc1-c1cc(Cl)nc(C(F)(F)F)n1. The molecule has 0 unspecified atom stereocenters. The van der Waals surface area contributed by atoms with Crippen LogP contribution in [0, 0.1) is 5.82 Å². The number of hydrogen-bond acceptors (Lipinski definition) is 3. The molecule has 0 N–H and O–H groups in total. The molecule has 2 heterocycles. The van der Waals surface area contributed by atoms with Crippen LogP contribution in [-0.4, -0.2) is 15.0 Å². The monoisotopic (exact) mass is 277 g/mol. The first-order valence-corrected chi connectivity index (χ1v) is 4.97. The van der Waals surface area contributed by atoms with Crippen molar-refractivity contribution in [2.45, 2.75) is 6.18 Å². The van der Waals surface area contributed by atoms with Gasteiger partial charge >= 0.3 is 6.18 Å². The highest BCUT2D eigenvalue weighted by Crippen LogP contribution is 2.30. The molecule has 0 amide bonds. The van der Waals surface area contributed by atoms with Gasteiger partial charge in [0.15, 0.2) is 5.82 Å². The number of aromatic nitrogens is 3. The van der Waals surface area contributed by atoms with E-state index in [1.165, 1.54) is 12.3 Å². The molecule has 0 saturated heterocycles. The molecule has 94 valence electrons. The summed E-state index contributed by atoms with van der Waals surface area (Å²) in [5.41, 5.74) is -0.373. The lowest BCUT2D eigenvalue weighted by molar-refractivity contribution is -0.144. The van der Waals surface area contributed by atoms with Crippen molar-refractivity contribution in [1.82, 2.24) is 15.0 Å². The molecule has 2 rings (SSSR count). The molecule has 18 heavy (non-hydrogen) atoms. The predicted molar refractivity (Wildman–Crippen MR) is 55.2 cm³/mol. The Labute approximate surface area is 103 Å². The summed E-state index contributed by atoms with van der Waals surface area (Å²) in [4.78, 5) is 9.79. The van der Waals surface area contributed by atoms with Crippen molar-refractivity contribution in [2.75, 3.05) is 0 Å². The zero-order chi connectivity index (χ0) is 13.3. The van der Waals surface area contributed by atoms with Crippen molar-refractivity contribution in [3.05, 3.63) is 41.3 Å². The summed E-state index contributed by atoms with van der Waals surface area (Å²) in [7, 11) is 0. The standard InChI is InChI=1S/C10H4ClF4N3/c11-8-3-7(5-1-2-16-4-6(5)12)17-9(18-8)10(13,14)15/h1-4H. The van der Waals surface area contributed by atoms with Gasteiger partial charge in [-0.3, -0.25) is 4.98 Å². The van der Waals surface area contributed by atoms with E-state index < -0.39 is 23.0 Å². The summed E-state index contributed by atoms with van der Waals surface area (Å²) in [5, 5.41) is -0.413. The van der Waals surface area contributed by atoms with E-state index in [4.69, 9.17) is 11.6 Å². The van der Waals surface area contributed by atoms with Crippen molar-refractivity contribution in [1.29, 1.82) is 0 Å². The second kappa shape index (κ2) is 4.49. The Bertz CT molecular complexity index is 586. The minimum absolute atomic E-state index is 0.125. The van der Waals surface area contributed by atoms with Gasteiger partial charge in [-0.05, 0) is 6.07 Å². The van der Waals surface area contributed by atoms with E-state index in [0.29, 0.717) is 0 Å². The number of alkyl halides is 3. The van der Waals surface area contributed by atoms with Gasteiger partial charge in [-0.2, -0.15) is 13.2 Å². The molecule has 0 aromatic carbocycles. The molecule has 2 aromatic rings. The molecule has 0 aliphatic rings. The number of halogens is 5. The average Bonchev–Trinajstić information content (AvgIpc) is 2.27. The Morgan fingerprint density at radius 3 is 2.50 bits per heavy atom. The van der Waals surface area contributed by atoms with Crippen LogP contribution in [0.1, 0.15) is 5.82 Å². The molecule has 0 atom stereocenters. The van der Waals surface area contributed by atoms with Crippen LogP contribution >= 0.6 is 11.6 Å². The summed E-state index contributed by atoms with van der Waals surface area (Å²) in [6.45, 7) is 0. The lowest BCUT2D eigenvalue weighted by atomic mass is 10.2. The minimum Gasteiger partial charge on any atom is -0.262 e. The Hall–Kier alpha value is -1.76. The molecule has 0 radical (unpaired) electrons. The number of pyridine rings is 1. The van der Waals surface area contributed by atoms with Gasteiger partial charge in [0.25, 0.3) is 0 Å². The Balaban J connectivity index is 2.60. The van der Waals surface area contributed by atoms with Crippen molar-refractivity contribution in [3.8, 4) is 11.3 Å². The summed E-state index contributed by atoms with van der Waals surface area (Å²) in [5.74, 6) is -2.21. The predicted octanol–water partition coefficient (Wildman–Crippen LogP) is 3.35. The molecular weight excluding hydrogens is 274 g/mol. The molecule has 2 aromatic heterocycles. The van der Waals surface area contributed by atoms with Crippen LogP contribution in [0.15, 0.2) is 24.5 Å². The van der Waals surface area contributed by atoms with Crippen LogP contribution in [0.3, 0.4) is 0 Å². The van der Waals surface area contributed by atoms with Gasteiger partial charge in [-0.15, -0.1) is 0 Å². The molecule has 0 aliphatic carbocycles. The first-order valence-electron chi connectivity index (χ1n) is 4.59. The normalized spacial score (nSPS) is 11.6. The van der Waals surface area contributed by atoms with E-state index in [2.05, 4.69) is 15.0 Å². The second-order valence-electron chi connectivity index (χ2n) is 3.25. The molecule has 0 spiro atoms. The van der Waals surface area contributed by atoms with E-state index in [1.807, 2.05) is 0 Å². The summed E-state index contributed by atoms with van der Waals surface area (Å²) in [6, 6.07) is 2.25. The third-order valence-corrected chi connectivity index (χ3v) is 2.19. The first kappa shape index (κ1) is 12.7. The molecule has 3 nitrogen and oxygen atoms in total. The second-order valence-corrected chi connectivity index (χ2v) is 3.64. The largest absolute Gasteiger partial charge is 0.451 e. The fraction of sp³-hybridized carbons (Fsp3) is 0.100. The van der Waals surface area contributed by atoms with Gasteiger partial charge in [0, 0.05) is 17.8 Å².